The summed E-state index contributed by atoms with van der Waals surface area (Å²) in [6.07, 6.45) is 1.79. The number of nitrogens with zero attached hydrogens (tertiary/aromatic N) is 4. The van der Waals surface area contributed by atoms with Gasteiger partial charge in [-0.2, -0.15) is 15.0 Å². The van der Waals surface area contributed by atoms with Gasteiger partial charge in [0.15, 0.2) is 0 Å². The third-order valence-electron chi connectivity index (χ3n) is 4.06. The van der Waals surface area contributed by atoms with E-state index in [0.717, 1.165) is 28.5 Å². The summed E-state index contributed by atoms with van der Waals surface area (Å²) in [7, 11) is 4.11. The lowest BCUT2D eigenvalue weighted by atomic mass is 10.1. The van der Waals surface area contributed by atoms with Crippen molar-refractivity contribution in [2.75, 3.05) is 20.6 Å². The number of para-hydroxylation sites is 1. The molecule has 0 amide bonds. The molecular weight excluding hydrogens is 334 g/mol. The van der Waals surface area contributed by atoms with Crippen LogP contribution in [-0.2, 0) is 6.54 Å². The molecule has 0 aliphatic heterocycles. The zero-order valence-corrected chi connectivity index (χ0v) is 15.2. The molecule has 1 atom stereocenters. The van der Waals surface area contributed by atoms with E-state index in [4.69, 9.17) is 11.6 Å². The minimum Gasteiger partial charge on any atom is -0.309 e. The first kappa shape index (κ1) is 17.6. The van der Waals surface area contributed by atoms with Gasteiger partial charge in [-0.3, -0.25) is 0 Å². The van der Waals surface area contributed by atoms with Gasteiger partial charge in [-0.1, -0.05) is 48.0 Å². The van der Waals surface area contributed by atoms with Gasteiger partial charge in [-0.15, -0.1) is 0 Å². The Morgan fingerprint density at radius 2 is 1.80 bits per heavy atom. The van der Waals surface area contributed by atoms with E-state index in [1.54, 1.807) is 11.0 Å². The van der Waals surface area contributed by atoms with Crippen LogP contribution in [-0.4, -0.2) is 40.5 Å². The van der Waals surface area contributed by atoms with Crippen molar-refractivity contribution in [2.45, 2.75) is 12.6 Å². The first-order valence-corrected chi connectivity index (χ1v) is 8.61. The van der Waals surface area contributed by atoms with E-state index >= 15 is 0 Å². The van der Waals surface area contributed by atoms with Crippen LogP contribution >= 0.6 is 11.6 Å². The molecule has 0 unspecified atom stereocenters. The van der Waals surface area contributed by atoms with Crippen molar-refractivity contribution in [1.82, 2.24) is 25.2 Å². The lowest BCUT2D eigenvalue weighted by molar-refractivity contribution is 0.288. The van der Waals surface area contributed by atoms with Gasteiger partial charge < -0.3 is 10.2 Å². The summed E-state index contributed by atoms with van der Waals surface area (Å²) < 4.78 is 0. The van der Waals surface area contributed by atoms with Gasteiger partial charge in [0.25, 0.3) is 0 Å². The molecule has 0 aliphatic carbocycles. The van der Waals surface area contributed by atoms with Crippen LogP contribution < -0.4 is 5.32 Å². The van der Waals surface area contributed by atoms with Gasteiger partial charge >= 0.3 is 0 Å². The Balaban J connectivity index is 1.62. The fourth-order valence-corrected chi connectivity index (χ4v) is 2.98. The highest BCUT2D eigenvalue weighted by Crippen LogP contribution is 2.25. The van der Waals surface area contributed by atoms with E-state index in [0.29, 0.717) is 6.54 Å². The number of halogens is 1. The molecule has 0 saturated heterocycles. The van der Waals surface area contributed by atoms with Crippen molar-refractivity contribution in [2.24, 2.45) is 0 Å². The minimum atomic E-state index is 0.192. The quantitative estimate of drug-likeness (QED) is 0.706. The van der Waals surface area contributed by atoms with Gasteiger partial charge in [0.2, 0.25) is 0 Å². The van der Waals surface area contributed by atoms with E-state index in [9.17, 15) is 0 Å². The van der Waals surface area contributed by atoms with Crippen LogP contribution in [0.1, 0.15) is 17.3 Å². The summed E-state index contributed by atoms with van der Waals surface area (Å²) in [5.41, 5.74) is 2.98. The van der Waals surface area contributed by atoms with Crippen molar-refractivity contribution >= 4 is 11.6 Å². The summed E-state index contributed by atoms with van der Waals surface area (Å²) in [6, 6.07) is 18.1. The SMILES string of the molecule is CN(C)[C@H](CNCc1cnn(-c2ccccc2)n1)c1ccccc1Cl. The second kappa shape index (κ2) is 8.25. The summed E-state index contributed by atoms with van der Waals surface area (Å²) in [6.45, 7) is 1.43. The molecule has 1 heterocycles. The molecule has 3 rings (SSSR count). The van der Waals surface area contributed by atoms with E-state index < -0.39 is 0 Å². The molecule has 1 aromatic heterocycles. The first-order valence-electron chi connectivity index (χ1n) is 8.23. The molecule has 0 fully saturated rings. The fourth-order valence-electron chi connectivity index (χ4n) is 2.71. The highest BCUT2D eigenvalue weighted by atomic mass is 35.5. The van der Waals surface area contributed by atoms with E-state index in [1.807, 2.05) is 48.5 Å². The molecule has 0 aliphatic rings. The third kappa shape index (κ3) is 4.45. The second-order valence-corrected chi connectivity index (χ2v) is 6.50. The molecule has 6 heteroatoms. The Kier molecular flexibility index (Phi) is 5.81. The van der Waals surface area contributed by atoms with Gasteiger partial charge in [0.05, 0.1) is 17.6 Å². The van der Waals surface area contributed by atoms with Crippen molar-refractivity contribution in [1.29, 1.82) is 0 Å². The molecule has 3 aromatic rings. The molecule has 25 heavy (non-hydrogen) atoms. The van der Waals surface area contributed by atoms with Gasteiger partial charge in [-0.25, -0.2) is 0 Å². The number of likely N-dealkylation sites (N-methyl/N-ethyl adjacent to an activating group) is 1. The monoisotopic (exact) mass is 355 g/mol. The largest absolute Gasteiger partial charge is 0.309 e. The van der Waals surface area contributed by atoms with Crippen LogP contribution in [0, 0.1) is 0 Å². The molecular formula is C19H22ClN5. The molecule has 0 radical (unpaired) electrons. The molecule has 5 nitrogen and oxygen atoms in total. The van der Waals surface area contributed by atoms with Crippen molar-refractivity contribution < 1.29 is 0 Å². The van der Waals surface area contributed by atoms with Crippen LogP contribution in [0.4, 0.5) is 0 Å². The normalized spacial score (nSPS) is 12.5. The predicted molar refractivity (Wildman–Crippen MR) is 101 cm³/mol. The van der Waals surface area contributed by atoms with Crippen LogP contribution in [0.15, 0.2) is 60.8 Å². The smallest absolute Gasteiger partial charge is 0.0969 e. The fraction of sp³-hybridized carbons (Fsp3) is 0.263. The van der Waals surface area contributed by atoms with Crippen molar-refractivity contribution in [3.05, 3.63) is 77.1 Å². The Morgan fingerprint density at radius 1 is 1.08 bits per heavy atom. The molecule has 1 N–H and O–H groups in total. The molecule has 0 spiro atoms. The summed E-state index contributed by atoms with van der Waals surface area (Å²) in [5, 5.41) is 13.1. The Hall–Kier alpha value is -2.21. The zero-order valence-electron chi connectivity index (χ0n) is 14.4. The molecule has 130 valence electrons. The topological polar surface area (TPSA) is 46.0 Å². The van der Waals surface area contributed by atoms with E-state index in [2.05, 4.69) is 40.6 Å². The van der Waals surface area contributed by atoms with Crippen LogP contribution in [0.25, 0.3) is 5.69 Å². The third-order valence-corrected chi connectivity index (χ3v) is 4.40. The lowest BCUT2D eigenvalue weighted by Crippen LogP contribution is -2.31. The Morgan fingerprint density at radius 3 is 2.52 bits per heavy atom. The van der Waals surface area contributed by atoms with Gasteiger partial charge in [0.1, 0.15) is 0 Å². The number of benzene rings is 2. The van der Waals surface area contributed by atoms with Crippen molar-refractivity contribution in [3.8, 4) is 5.69 Å². The average molecular weight is 356 g/mol. The highest BCUT2D eigenvalue weighted by Gasteiger charge is 2.16. The Bertz CT molecular complexity index is 800. The molecule has 0 saturated carbocycles. The van der Waals surface area contributed by atoms with Crippen molar-refractivity contribution in [3.63, 3.8) is 0 Å². The molecule has 2 aromatic carbocycles. The average Bonchev–Trinajstić information content (AvgIpc) is 3.09. The number of aromatic nitrogens is 3. The van der Waals surface area contributed by atoms with E-state index in [1.165, 1.54) is 0 Å². The Labute approximate surface area is 153 Å². The summed E-state index contributed by atoms with van der Waals surface area (Å²) in [5.74, 6) is 0. The van der Waals surface area contributed by atoms with E-state index in [-0.39, 0.29) is 6.04 Å². The number of hydrogen-bond acceptors (Lipinski definition) is 4. The maximum atomic E-state index is 6.35. The standard InChI is InChI=1S/C19H22ClN5/c1-24(2)19(17-10-6-7-11-18(17)20)14-21-12-15-13-22-25(23-15)16-8-4-3-5-9-16/h3-11,13,19,21H,12,14H2,1-2H3/t19-/m1/s1. The summed E-state index contributed by atoms with van der Waals surface area (Å²) in [4.78, 5) is 3.81. The van der Waals surface area contributed by atoms with Gasteiger partial charge in [-0.05, 0) is 37.9 Å². The number of rotatable bonds is 7. The number of hydrogen-bond donors (Lipinski definition) is 1. The van der Waals surface area contributed by atoms with Gasteiger partial charge in [0, 0.05) is 24.2 Å². The number of nitrogens with one attached hydrogen (secondary N) is 1. The first-order chi connectivity index (χ1) is 12.1. The van der Waals surface area contributed by atoms with Crippen LogP contribution in [0.2, 0.25) is 5.02 Å². The minimum absolute atomic E-state index is 0.192. The second-order valence-electron chi connectivity index (χ2n) is 6.09. The molecule has 0 bridgehead atoms. The van der Waals surface area contributed by atoms with Crippen LogP contribution in [0.5, 0.6) is 0 Å². The van der Waals surface area contributed by atoms with Crippen LogP contribution in [0.3, 0.4) is 0 Å². The maximum Gasteiger partial charge on any atom is 0.0969 e. The lowest BCUT2D eigenvalue weighted by Gasteiger charge is -2.25. The summed E-state index contributed by atoms with van der Waals surface area (Å²) >= 11 is 6.35. The zero-order chi connectivity index (χ0) is 17.6. The maximum absolute atomic E-state index is 6.35. The highest BCUT2D eigenvalue weighted by molar-refractivity contribution is 6.31. The predicted octanol–water partition coefficient (Wildman–Crippen LogP) is 3.31.